The zero-order valence-corrected chi connectivity index (χ0v) is 10.1. The van der Waals surface area contributed by atoms with Gasteiger partial charge in [0.15, 0.2) is 0 Å². The highest BCUT2D eigenvalue weighted by molar-refractivity contribution is 5.46. The summed E-state index contributed by atoms with van der Waals surface area (Å²) in [4.78, 5) is 0. The average Bonchev–Trinajstić information content (AvgIpc) is 2.27. The molecule has 88 valence electrons. The average molecular weight is 219 g/mol. The lowest BCUT2D eigenvalue weighted by molar-refractivity contribution is 0.261. The van der Waals surface area contributed by atoms with E-state index in [4.69, 9.17) is 0 Å². The van der Waals surface area contributed by atoms with Crippen LogP contribution in [-0.2, 0) is 0 Å². The van der Waals surface area contributed by atoms with Crippen LogP contribution in [-0.4, -0.2) is 11.1 Å². The number of aromatic hydroxyl groups is 1. The summed E-state index contributed by atoms with van der Waals surface area (Å²) in [6.45, 7) is 4.69. The Hall–Kier alpha value is -1.18. The molecule has 0 spiro atoms. The molecular weight excluding hydrogens is 198 g/mol. The molecule has 2 heteroatoms. The summed E-state index contributed by atoms with van der Waals surface area (Å²) in [6.07, 6.45) is 3.82. The third-order valence-electron chi connectivity index (χ3n) is 3.84. The molecule has 1 fully saturated rings. The van der Waals surface area contributed by atoms with Gasteiger partial charge in [0.25, 0.3) is 0 Å². The van der Waals surface area contributed by atoms with Crippen LogP contribution in [0.25, 0.3) is 0 Å². The van der Waals surface area contributed by atoms with Gasteiger partial charge in [-0.3, -0.25) is 0 Å². The summed E-state index contributed by atoms with van der Waals surface area (Å²) in [5, 5.41) is 12.8. The predicted octanol–water partition coefficient (Wildman–Crippen LogP) is 3.63. The summed E-state index contributed by atoms with van der Waals surface area (Å²) in [5.74, 6) is 2.00. The first-order valence-corrected chi connectivity index (χ1v) is 6.20. The van der Waals surface area contributed by atoms with Crippen LogP contribution in [0, 0.1) is 11.8 Å². The Morgan fingerprint density at radius 2 is 1.75 bits per heavy atom. The topological polar surface area (TPSA) is 32.3 Å². The molecule has 3 unspecified atom stereocenters. The normalized spacial score (nSPS) is 30.0. The van der Waals surface area contributed by atoms with E-state index in [9.17, 15) is 5.11 Å². The van der Waals surface area contributed by atoms with Gasteiger partial charge < -0.3 is 10.4 Å². The lowest BCUT2D eigenvalue weighted by atomic mass is 9.79. The van der Waals surface area contributed by atoms with E-state index in [0.29, 0.717) is 11.8 Å². The van der Waals surface area contributed by atoms with Crippen molar-refractivity contribution in [1.29, 1.82) is 0 Å². The van der Waals surface area contributed by atoms with E-state index >= 15 is 0 Å². The van der Waals surface area contributed by atoms with Gasteiger partial charge in [0.05, 0.1) is 0 Å². The maximum Gasteiger partial charge on any atom is 0.115 e. The van der Waals surface area contributed by atoms with Crippen LogP contribution in [0.5, 0.6) is 5.75 Å². The van der Waals surface area contributed by atoms with Gasteiger partial charge in [-0.1, -0.05) is 13.8 Å². The molecule has 3 atom stereocenters. The Bertz CT molecular complexity index is 333. The van der Waals surface area contributed by atoms with Crippen molar-refractivity contribution in [2.45, 2.75) is 39.2 Å². The number of benzene rings is 1. The molecule has 16 heavy (non-hydrogen) atoms. The quantitative estimate of drug-likeness (QED) is 0.744. The van der Waals surface area contributed by atoms with Crippen molar-refractivity contribution in [1.82, 2.24) is 0 Å². The molecule has 0 heterocycles. The second-order valence-corrected chi connectivity index (χ2v) is 5.16. The monoisotopic (exact) mass is 219 g/mol. The van der Waals surface area contributed by atoms with E-state index in [1.54, 1.807) is 12.1 Å². The number of hydrogen-bond donors (Lipinski definition) is 2. The molecule has 0 amide bonds. The second-order valence-electron chi connectivity index (χ2n) is 5.16. The molecule has 1 aliphatic carbocycles. The molecule has 2 rings (SSSR count). The third kappa shape index (κ3) is 2.69. The molecule has 0 aliphatic heterocycles. The summed E-state index contributed by atoms with van der Waals surface area (Å²) >= 11 is 0. The Morgan fingerprint density at radius 3 is 2.38 bits per heavy atom. The standard InChI is InChI=1S/C14H21NO/c1-10-3-4-13(9-11(10)2)15-12-5-7-14(16)8-6-12/h5-8,10-11,13,15-16H,3-4,9H2,1-2H3. The Morgan fingerprint density at radius 1 is 1.06 bits per heavy atom. The Kier molecular flexibility index (Phi) is 3.37. The summed E-state index contributed by atoms with van der Waals surface area (Å²) in [6, 6.07) is 7.94. The number of nitrogens with one attached hydrogen (secondary N) is 1. The van der Waals surface area contributed by atoms with Gasteiger partial charge in [-0.2, -0.15) is 0 Å². The SMILES string of the molecule is CC1CCC(Nc2ccc(O)cc2)CC1C. The van der Waals surface area contributed by atoms with Crippen LogP contribution in [0.15, 0.2) is 24.3 Å². The number of phenols is 1. The van der Waals surface area contributed by atoms with E-state index in [1.165, 1.54) is 19.3 Å². The number of anilines is 1. The molecule has 0 bridgehead atoms. The predicted molar refractivity (Wildman–Crippen MR) is 67.7 cm³/mol. The Labute approximate surface area is 97.7 Å². The summed E-state index contributed by atoms with van der Waals surface area (Å²) in [5.41, 5.74) is 1.12. The lowest BCUT2D eigenvalue weighted by Gasteiger charge is -2.33. The summed E-state index contributed by atoms with van der Waals surface area (Å²) < 4.78 is 0. The second kappa shape index (κ2) is 4.77. The molecule has 0 radical (unpaired) electrons. The molecule has 2 N–H and O–H groups in total. The van der Waals surface area contributed by atoms with Gasteiger partial charge in [0.2, 0.25) is 0 Å². The van der Waals surface area contributed by atoms with Crippen LogP contribution >= 0.6 is 0 Å². The van der Waals surface area contributed by atoms with E-state index in [2.05, 4.69) is 19.2 Å². The fourth-order valence-corrected chi connectivity index (χ4v) is 2.47. The van der Waals surface area contributed by atoms with Crippen molar-refractivity contribution in [2.24, 2.45) is 11.8 Å². The first-order chi connectivity index (χ1) is 7.65. The van der Waals surface area contributed by atoms with Crippen molar-refractivity contribution < 1.29 is 5.11 Å². The van der Waals surface area contributed by atoms with Crippen molar-refractivity contribution in [3.8, 4) is 5.75 Å². The van der Waals surface area contributed by atoms with E-state index < -0.39 is 0 Å². The minimum Gasteiger partial charge on any atom is -0.508 e. The maximum atomic E-state index is 9.21. The van der Waals surface area contributed by atoms with E-state index in [0.717, 1.165) is 17.5 Å². The first kappa shape index (κ1) is 11.3. The van der Waals surface area contributed by atoms with Crippen LogP contribution in [0.2, 0.25) is 0 Å². The van der Waals surface area contributed by atoms with Gasteiger partial charge in [0.1, 0.15) is 5.75 Å². The molecule has 1 aromatic carbocycles. The summed E-state index contributed by atoms with van der Waals surface area (Å²) in [7, 11) is 0. The van der Waals surface area contributed by atoms with Crippen LogP contribution < -0.4 is 5.32 Å². The highest BCUT2D eigenvalue weighted by atomic mass is 16.3. The number of hydrogen-bond acceptors (Lipinski definition) is 2. The van der Waals surface area contributed by atoms with Crippen molar-refractivity contribution in [2.75, 3.05) is 5.32 Å². The fourth-order valence-electron chi connectivity index (χ4n) is 2.47. The minimum atomic E-state index is 0.330. The number of phenolic OH excluding ortho intramolecular Hbond substituents is 1. The zero-order chi connectivity index (χ0) is 11.5. The first-order valence-electron chi connectivity index (χ1n) is 6.20. The molecule has 2 nitrogen and oxygen atoms in total. The van der Waals surface area contributed by atoms with E-state index in [-0.39, 0.29) is 0 Å². The van der Waals surface area contributed by atoms with Crippen LogP contribution in [0.3, 0.4) is 0 Å². The minimum absolute atomic E-state index is 0.330. The van der Waals surface area contributed by atoms with Crippen molar-refractivity contribution in [3.05, 3.63) is 24.3 Å². The largest absolute Gasteiger partial charge is 0.508 e. The molecule has 1 saturated carbocycles. The molecule has 0 saturated heterocycles. The highest BCUT2D eigenvalue weighted by Crippen LogP contribution is 2.31. The third-order valence-corrected chi connectivity index (χ3v) is 3.84. The van der Waals surface area contributed by atoms with Crippen LogP contribution in [0.1, 0.15) is 33.1 Å². The van der Waals surface area contributed by atoms with Gasteiger partial charge in [-0.05, 0) is 55.4 Å². The van der Waals surface area contributed by atoms with Gasteiger partial charge in [-0.25, -0.2) is 0 Å². The van der Waals surface area contributed by atoms with Gasteiger partial charge in [0, 0.05) is 11.7 Å². The molecule has 0 aromatic heterocycles. The molecule has 1 aliphatic rings. The fraction of sp³-hybridized carbons (Fsp3) is 0.571. The van der Waals surface area contributed by atoms with Crippen LogP contribution in [0.4, 0.5) is 5.69 Å². The van der Waals surface area contributed by atoms with Gasteiger partial charge >= 0.3 is 0 Å². The Balaban J connectivity index is 1.93. The molecular formula is C14H21NO. The lowest BCUT2D eigenvalue weighted by Crippen LogP contribution is -2.30. The maximum absolute atomic E-state index is 9.21. The van der Waals surface area contributed by atoms with Crippen molar-refractivity contribution >= 4 is 5.69 Å². The van der Waals surface area contributed by atoms with Crippen molar-refractivity contribution in [3.63, 3.8) is 0 Å². The van der Waals surface area contributed by atoms with Gasteiger partial charge in [-0.15, -0.1) is 0 Å². The highest BCUT2D eigenvalue weighted by Gasteiger charge is 2.24. The van der Waals surface area contributed by atoms with E-state index in [1.807, 2.05) is 12.1 Å². The smallest absolute Gasteiger partial charge is 0.115 e. The zero-order valence-electron chi connectivity index (χ0n) is 10.1. The molecule has 1 aromatic rings. The number of rotatable bonds is 2.